The van der Waals surface area contributed by atoms with Crippen molar-refractivity contribution < 1.29 is 9.59 Å². The van der Waals surface area contributed by atoms with Gasteiger partial charge in [-0.15, -0.1) is 0 Å². The average molecular weight is 423 g/mol. The lowest BCUT2D eigenvalue weighted by atomic mass is 10.0. The van der Waals surface area contributed by atoms with Crippen LogP contribution < -0.4 is 16.0 Å². The summed E-state index contributed by atoms with van der Waals surface area (Å²) in [6.07, 6.45) is 3.35. The Morgan fingerprint density at radius 2 is 1.90 bits per heavy atom. The van der Waals surface area contributed by atoms with Gasteiger partial charge < -0.3 is 16.0 Å². The SMILES string of the molecule is CCn1ncc2c(N[C@@H](C)C(C)C)c(C(=O)NCc3cccc(C(=O)NC)c3)cnc21. The van der Waals surface area contributed by atoms with E-state index in [9.17, 15) is 9.59 Å². The first-order valence-electron chi connectivity index (χ1n) is 10.6. The van der Waals surface area contributed by atoms with Gasteiger partial charge >= 0.3 is 0 Å². The third-order valence-electron chi connectivity index (χ3n) is 5.45. The number of benzene rings is 1. The molecule has 0 aliphatic carbocycles. The molecule has 3 aromatic rings. The number of amides is 2. The number of carbonyl (C=O) groups is 2. The Morgan fingerprint density at radius 3 is 2.58 bits per heavy atom. The van der Waals surface area contributed by atoms with Crippen molar-refractivity contribution in [1.82, 2.24) is 25.4 Å². The predicted octanol–water partition coefficient (Wildman–Crippen LogP) is 3.20. The Hall–Kier alpha value is -3.42. The van der Waals surface area contributed by atoms with Crippen LogP contribution >= 0.6 is 0 Å². The lowest BCUT2D eigenvalue weighted by molar-refractivity contribution is 0.0949. The fraction of sp³-hybridized carbons (Fsp3) is 0.391. The lowest BCUT2D eigenvalue weighted by Gasteiger charge is -2.21. The molecule has 8 heteroatoms. The lowest BCUT2D eigenvalue weighted by Crippen LogP contribution is -2.27. The smallest absolute Gasteiger partial charge is 0.255 e. The number of rotatable bonds is 8. The van der Waals surface area contributed by atoms with Crippen molar-refractivity contribution >= 4 is 28.5 Å². The van der Waals surface area contributed by atoms with E-state index in [1.54, 1.807) is 37.6 Å². The standard InChI is InChI=1S/C23H30N6O2/c1-6-29-21-18(13-27-29)20(28-15(4)14(2)3)19(12-25-21)23(31)26-11-16-8-7-9-17(10-16)22(30)24-5/h7-10,12-15H,6,11H2,1-5H3,(H,24,30)(H,25,28)(H,26,31)/t15-/m0/s1. The Kier molecular flexibility index (Phi) is 6.89. The monoisotopic (exact) mass is 422 g/mol. The van der Waals surface area contributed by atoms with Gasteiger partial charge in [0.2, 0.25) is 0 Å². The Balaban J connectivity index is 1.88. The second kappa shape index (κ2) is 9.59. The molecule has 0 saturated heterocycles. The van der Waals surface area contributed by atoms with E-state index >= 15 is 0 Å². The van der Waals surface area contributed by atoms with Gasteiger partial charge in [0.15, 0.2) is 5.65 Å². The van der Waals surface area contributed by atoms with Crippen molar-refractivity contribution in [2.24, 2.45) is 5.92 Å². The molecule has 2 heterocycles. The van der Waals surface area contributed by atoms with E-state index in [0.717, 1.165) is 22.3 Å². The van der Waals surface area contributed by atoms with Crippen LogP contribution in [0.1, 0.15) is 54.0 Å². The minimum Gasteiger partial charge on any atom is -0.381 e. The first-order valence-corrected chi connectivity index (χ1v) is 10.6. The van der Waals surface area contributed by atoms with Gasteiger partial charge in [-0.3, -0.25) is 9.59 Å². The highest BCUT2D eigenvalue weighted by Crippen LogP contribution is 2.27. The van der Waals surface area contributed by atoms with Gasteiger partial charge in [0.1, 0.15) is 0 Å². The second-order valence-corrected chi connectivity index (χ2v) is 7.88. The van der Waals surface area contributed by atoms with Gasteiger partial charge in [-0.25, -0.2) is 9.67 Å². The zero-order valence-corrected chi connectivity index (χ0v) is 18.7. The van der Waals surface area contributed by atoms with Crippen LogP contribution in [0.25, 0.3) is 11.0 Å². The third-order valence-corrected chi connectivity index (χ3v) is 5.45. The molecule has 0 radical (unpaired) electrons. The normalized spacial score (nSPS) is 12.1. The molecule has 0 unspecified atom stereocenters. The summed E-state index contributed by atoms with van der Waals surface area (Å²) in [4.78, 5) is 29.4. The molecule has 0 aliphatic heterocycles. The zero-order chi connectivity index (χ0) is 22.5. The summed E-state index contributed by atoms with van der Waals surface area (Å²) in [5.41, 5.74) is 3.35. The van der Waals surface area contributed by atoms with Crippen molar-refractivity contribution in [2.45, 2.75) is 46.8 Å². The van der Waals surface area contributed by atoms with Crippen LogP contribution in [0, 0.1) is 5.92 Å². The number of hydrogen-bond acceptors (Lipinski definition) is 5. The van der Waals surface area contributed by atoms with E-state index in [1.165, 1.54) is 0 Å². The van der Waals surface area contributed by atoms with Crippen molar-refractivity contribution in [1.29, 1.82) is 0 Å². The van der Waals surface area contributed by atoms with E-state index in [4.69, 9.17) is 0 Å². The van der Waals surface area contributed by atoms with Crippen molar-refractivity contribution in [2.75, 3.05) is 12.4 Å². The van der Waals surface area contributed by atoms with Crippen LogP contribution in [0.4, 0.5) is 5.69 Å². The number of fused-ring (bicyclic) bond motifs is 1. The maximum atomic E-state index is 13.1. The van der Waals surface area contributed by atoms with Crippen LogP contribution in [-0.2, 0) is 13.1 Å². The predicted molar refractivity (Wildman–Crippen MR) is 122 cm³/mol. The van der Waals surface area contributed by atoms with Gasteiger partial charge in [0.05, 0.1) is 22.8 Å². The minimum absolute atomic E-state index is 0.159. The topological polar surface area (TPSA) is 101 Å². The number of nitrogens with one attached hydrogen (secondary N) is 3. The molecule has 0 bridgehead atoms. The largest absolute Gasteiger partial charge is 0.381 e. The van der Waals surface area contributed by atoms with Gasteiger partial charge in [-0.1, -0.05) is 26.0 Å². The molecule has 0 aliphatic rings. The number of anilines is 1. The molecule has 1 atom stereocenters. The van der Waals surface area contributed by atoms with Gasteiger partial charge in [-0.05, 0) is 37.5 Å². The molecule has 8 nitrogen and oxygen atoms in total. The summed E-state index contributed by atoms with van der Waals surface area (Å²) in [6.45, 7) is 9.35. The molecule has 3 N–H and O–H groups in total. The molecule has 0 fully saturated rings. The van der Waals surface area contributed by atoms with Crippen LogP contribution in [-0.4, -0.2) is 39.7 Å². The molecular formula is C23H30N6O2. The Bertz CT molecular complexity index is 1090. The number of nitrogens with zero attached hydrogens (tertiary/aromatic N) is 3. The molecule has 1 aromatic carbocycles. The summed E-state index contributed by atoms with van der Waals surface area (Å²) >= 11 is 0. The summed E-state index contributed by atoms with van der Waals surface area (Å²) < 4.78 is 1.81. The van der Waals surface area contributed by atoms with E-state index in [-0.39, 0.29) is 17.9 Å². The summed E-state index contributed by atoms with van der Waals surface area (Å²) in [6, 6.07) is 7.34. The first kappa shape index (κ1) is 22.3. The number of carbonyl (C=O) groups excluding carboxylic acids is 2. The molecule has 2 amide bonds. The number of aromatic nitrogens is 3. The molecule has 2 aromatic heterocycles. The molecule has 0 saturated carbocycles. The number of aryl methyl sites for hydroxylation is 1. The summed E-state index contributed by atoms with van der Waals surface area (Å²) in [5.74, 6) is -0.0137. The van der Waals surface area contributed by atoms with E-state index in [0.29, 0.717) is 30.1 Å². The van der Waals surface area contributed by atoms with E-state index in [1.807, 2.05) is 17.7 Å². The fourth-order valence-corrected chi connectivity index (χ4v) is 3.22. The van der Waals surface area contributed by atoms with E-state index < -0.39 is 0 Å². The summed E-state index contributed by atoms with van der Waals surface area (Å²) in [7, 11) is 1.59. The second-order valence-electron chi connectivity index (χ2n) is 7.88. The molecular weight excluding hydrogens is 392 g/mol. The maximum Gasteiger partial charge on any atom is 0.255 e. The first-order chi connectivity index (χ1) is 14.8. The summed E-state index contributed by atoms with van der Waals surface area (Å²) in [5, 5.41) is 14.3. The van der Waals surface area contributed by atoms with Crippen molar-refractivity contribution in [3.8, 4) is 0 Å². The molecule has 31 heavy (non-hydrogen) atoms. The van der Waals surface area contributed by atoms with Gasteiger partial charge in [-0.2, -0.15) is 5.10 Å². The van der Waals surface area contributed by atoms with Gasteiger partial charge in [0, 0.05) is 37.9 Å². The Morgan fingerprint density at radius 1 is 1.13 bits per heavy atom. The number of hydrogen-bond donors (Lipinski definition) is 3. The highest BCUT2D eigenvalue weighted by Gasteiger charge is 2.20. The highest BCUT2D eigenvalue weighted by molar-refractivity contribution is 6.06. The van der Waals surface area contributed by atoms with Crippen LogP contribution in [0.2, 0.25) is 0 Å². The molecule has 164 valence electrons. The quantitative estimate of drug-likeness (QED) is 0.518. The molecule has 0 spiro atoms. The van der Waals surface area contributed by atoms with E-state index in [2.05, 4.69) is 46.8 Å². The third kappa shape index (κ3) is 4.84. The Labute approximate surface area is 182 Å². The molecule has 3 rings (SSSR count). The zero-order valence-electron chi connectivity index (χ0n) is 18.7. The fourth-order valence-electron chi connectivity index (χ4n) is 3.22. The van der Waals surface area contributed by atoms with Crippen LogP contribution in [0.3, 0.4) is 0 Å². The van der Waals surface area contributed by atoms with Crippen LogP contribution in [0.5, 0.6) is 0 Å². The van der Waals surface area contributed by atoms with Crippen molar-refractivity contribution in [3.63, 3.8) is 0 Å². The van der Waals surface area contributed by atoms with Crippen molar-refractivity contribution in [3.05, 3.63) is 53.3 Å². The highest BCUT2D eigenvalue weighted by atomic mass is 16.2. The van der Waals surface area contributed by atoms with Gasteiger partial charge in [0.25, 0.3) is 11.8 Å². The maximum absolute atomic E-state index is 13.1. The average Bonchev–Trinajstić information content (AvgIpc) is 3.20. The number of pyridine rings is 1. The minimum atomic E-state index is -0.234. The van der Waals surface area contributed by atoms with Crippen LogP contribution in [0.15, 0.2) is 36.7 Å².